The zero-order valence-electron chi connectivity index (χ0n) is 14.3. The van der Waals surface area contributed by atoms with Crippen LogP contribution in [0.4, 0.5) is 0 Å². The van der Waals surface area contributed by atoms with Crippen LogP contribution in [0.25, 0.3) is 5.69 Å². The Kier molecular flexibility index (Phi) is 5.07. The molecular weight excluding hydrogens is 330 g/mol. The van der Waals surface area contributed by atoms with Crippen LogP contribution in [0.5, 0.6) is 0 Å². The van der Waals surface area contributed by atoms with E-state index < -0.39 is 11.9 Å². The molecule has 0 bridgehead atoms. The number of nitrogens with one attached hydrogen (secondary N) is 1. The van der Waals surface area contributed by atoms with Crippen molar-refractivity contribution in [2.45, 2.75) is 19.4 Å². The normalized spacial score (nSPS) is 11.7. The van der Waals surface area contributed by atoms with Crippen molar-refractivity contribution in [1.82, 2.24) is 20.3 Å². The zero-order valence-corrected chi connectivity index (χ0v) is 14.3. The van der Waals surface area contributed by atoms with Crippen LogP contribution in [0.1, 0.15) is 23.0 Å². The second-order valence-electron chi connectivity index (χ2n) is 5.86. The highest BCUT2D eigenvalue weighted by atomic mass is 16.2. The van der Waals surface area contributed by atoms with Crippen LogP contribution < -0.4 is 11.1 Å². The molecule has 0 spiro atoms. The topological polar surface area (TPSA) is 103 Å². The number of aromatic nitrogens is 3. The fourth-order valence-electron chi connectivity index (χ4n) is 2.67. The van der Waals surface area contributed by atoms with Crippen molar-refractivity contribution in [2.75, 3.05) is 0 Å². The molecule has 0 aliphatic heterocycles. The molecule has 0 aliphatic rings. The first kappa shape index (κ1) is 17.3. The summed E-state index contributed by atoms with van der Waals surface area (Å²) in [5.41, 5.74) is 8.25. The number of benzene rings is 2. The van der Waals surface area contributed by atoms with E-state index in [-0.39, 0.29) is 12.3 Å². The second-order valence-corrected chi connectivity index (χ2v) is 5.86. The second kappa shape index (κ2) is 7.60. The Morgan fingerprint density at radius 1 is 1.08 bits per heavy atom. The summed E-state index contributed by atoms with van der Waals surface area (Å²) in [7, 11) is 0. The van der Waals surface area contributed by atoms with Gasteiger partial charge in [-0.05, 0) is 24.6 Å². The van der Waals surface area contributed by atoms with E-state index in [1.165, 1.54) is 0 Å². The largest absolute Gasteiger partial charge is 0.368 e. The van der Waals surface area contributed by atoms with Crippen molar-refractivity contribution in [1.29, 1.82) is 0 Å². The van der Waals surface area contributed by atoms with Crippen LogP contribution in [0.2, 0.25) is 0 Å². The number of hydrogen-bond donors (Lipinski definition) is 2. The molecule has 7 nitrogen and oxygen atoms in total. The van der Waals surface area contributed by atoms with Crippen molar-refractivity contribution in [3.05, 3.63) is 77.6 Å². The molecule has 0 saturated carbocycles. The van der Waals surface area contributed by atoms with E-state index in [2.05, 4.69) is 15.6 Å². The summed E-state index contributed by atoms with van der Waals surface area (Å²) in [5.74, 6) is -0.963. The molecule has 3 aromatic rings. The van der Waals surface area contributed by atoms with E-state index >= 15 is 0 Å². The van der Waals surface area contributed by atoms with E-state index in [0.29, 0.717) is 11.3 Å². The van der Waals surface area contributed by atoms with Crippen molar-refractivity contribution in [3.8, 4) is 5.69 Å². The van der Waals surface area contributed by atoms with Crippen LogP contribution in [-0.2, 0) is 16.0 Å². The molecular formula is C19H19N5O2. The summed E-state index contributed by atoms with van der Waals surface area (Å²) < 4.78 is 1.67. The summed E-state index contributed by atoms with van der Waals surface area (Å²) >= 11 is 0. The van der Waals surface area contributed by atoms with Crippen LogP contribution in [-0.4, -0.2) is 26.8 Å². The van der Waals surface area contributed by atoms with E-state index in [1.807, 2.05) is 43.3 Å². The van der Waals surface area contributed by atoms with Gasteiger partial charge in [-0.25, -0.2) is 4.68 Å². The molecule has 2 amide bonds. The van der Waals surface area contributed by atoms with Gasteiger partial charge in [0.2, 0.25) is 11.8 Å². The Bertz CT molecular complexity index is 906. The predicted octanol–water partition coefficient (Wildman–Crippen LogP) is 1.46. The molecule has 1 atom stereocenters. The summed E-state index contributed by atoms with van der Waals surface area (Å²) in [6, 6.07) is 17.5. The summed E-state index contributed by atoms with van der Waals surface area (Å²) in [6.07, 6.45) is 0.00921. The molecule has 1 aromatic heterocycles. The molecule has 7 heteroatoms. The van der Waals surface area contributed by atoms with Crippen LogP contribution in [0.3, 0.4) is 0 Å². The smallest absolute Gasteiger partial charge is 0.244 e. The van der Waals surface area contributed by atoms with E-state index in [9.17, 15) is 9.59 Å². The Morgan fingerprint density at radius 2 is 1.69 bits per heavy atom. The molecule has 132 valence electrons. The minimum Gasteiger partial charge on any atom is -0.368 e. The number of nitrogens with two attached hydrogens (primary N) is 1. The van der Waals surface area contributed by atoms with E-state index in [0.717, 1.165) is 11.4 Å². The predicted molar refractivity (Wildman–Crippen MR) is 96.3 cm³/mol. The van der Waals surface area contributed by atoms with E-state index in [4.69, 9.17) is 5.73 Å². The molecule has 3 N–H and O–H groups in total. The Morgan fingerprint density at radius 3 is 2.31 bits per heavy atom. The van der Waals surface area contributed by atoms with Gasteiger partial charge >= 0.3 is 0 Å². The molecule has 1 heterocycles. The lowest BCUT2D eigenvalue weighted by Crippen LogP contribution is -2.38. The van der Waals surface area contributed by atoms with Crippen molar-refractivity contribution in [3.63, 3.8) is 0 Å². The maximum Gasteiger partial charge on any atom is 0.244 e. The first-order valence-electron chi connectivity index (χ1n) is 8.16. The fraction of sp³-hybridized carbons (Fsp3) is 0.158. The maximum atomic E-state index is 12.4. The lowest BCUT2D eigenvalue weighted by atomic mass is 10.1. The lowest BCUT2D eigenvalue weighted by molar-refractivity contribution is -0.127. The third-order valence-corrected chi connectivity index (χ3v) is 4.04. The molecule has 0 fully saturated rings. The minimum atomic E-state index is -0.881. The van der Waals surface area contributed by atoms with Crippen LogP contribution in [0, 0.1) is 6.92 Å². The van der Waals surface area contributed by atoms with Crippen molar-refractivity contribution < 1.29 is 9.59 Å². The zero-order chi connectivity index (χ0) is 18.5. The van der Waals surface area contributed by atoms with Gasteiger partial charge in [0.15, 0.2) is 0 Å². The highest BCUT2D eigenvalue weighted by Crippen LogP contribution is 2.14. The number of carbonyl (C=O) groups excluding carboxylic acids is 2. The van der Waals surface area contributed by atoms with E-state index in [1.54, 1.807) is 28.9 Å². The average Bonchev–Trinajstić information content (AvgIpc) is 3.01. The number of amides is 2. The molecule has 0 aliphatic carbocycles. The molecule has 0 saturated heterocycles. The number of carbonyl (C=O) groups is 2. The number of hydrogen-bond acceptors (Lipinski definition) is 4. The van der Waals surface area contributed by atoms with Crippen molar-refractivity contribution >= 4 is 11.8 Å². The monoisotopic (exact) mass is 349 g/mol. The first-order chi connectivity index (χ1) is 12.6. The highest BCUT2D eigenvalue weighted by Gasteiger charge is 2.21. The Balaban J connectivity index is 1.74. The molecule has 2 aromatic carbocycles. The van der Waals surface area contributed by atoms with Gasteiger partial charge in [-0.2, -0.15) is 0 Å². The summed E-state index contributed by atoms with van der Waals surface area (Å²) in [6.45, 7) is 1.85. The fourth-order valence-corrected chi connectivity index (χ4v) is 2.67. The summed E-state index contributed by atoms with van der Waals surface area (Å²) in [4.78, 5) is 24.1. The van der Waals surface area contributed by atoms with Gasteiger partial charge in [0.1, 0.15) is 6.04 Å². The van der Waals surface area contributed by atoms with Crippen LogP contribution >= 0.6 is 0 Å². The highest BCUT2D eigenvalue weighted by molar-refractivity contribution is 5.88. The first-order valence-corrected chi connectivity index (χ1v) is 8.16. The van der Waals surface area contributed by atoms with Crippen LogP contribution in [0.15, 0.2) is 60.7 Å². The Hall–Kier alpha value is -3.48. The molecule has 3 rings (SSSR count). The average molecular weight is 349 g/mol. The summed E-state index contributed by atoms with van der Waals surface area (Å²) in [5, 5.41) is 10.9. The number of primary amides is 1. The van der Waals surface area contributed by atoms with Gasteiger partial charge in [-0.1, -0.05) is 53.7 Å². The van der Waals surface area contributed by atoms with Gasteiger partial charge in [-0.15, -0.1) is 5.10 Å². The number of rotatable bonds is 6. The third kappa shape index (κ3) is 3.77. The van der Waals surface area contributed by atoms with Gasteiger partial charge in [0, 0.05) is 0 Å². The van der Waals surface area contributed by atoms with Gasteiger partial charge in [0.25, 0.3) is 0 Å². The SMILES string of the molecule is Cc1c(CC(=O)N[C@@H](C(N)=O)c2ccccc2)nnn1-c1ccccc1. The third-order valence-electron chi connectivity index (χ3n) is 4.04. The molecule has 0 radical (unpaired) electrons. The maximum absolute atomic E-state index is 12.4. The minimum absolute atomic E-state index is 0.00921. The molecule has 0 unspecified atom stereocenters. The number of para-hydroxylation sites is 1. The standard InChI is InChI=1S/C19H19N5O2/c1-13-16(22-23-24(13)15-10-6-3-7-11-15)12-17(25)21-18(19(20)26)14-8-4-2-5-9-14/h2-11,18H,12H2,1H3,(H2,20,26)(H,21,25)/t18-/m1/s1. The Labute approximate surface area is 150 Å². The quantitative estimate of drug-likeness (QED) is 0.703. The molecule has 26 heavy (non-hydrogen) atoms. The van der Waals surface area contributed by atoms with Gasteiger partial charge in [0.05, 0.1) is 23.5 Å². The lowest BCUT2D eigenvalue weighted by Gasteiger charge is -2.15. The van der Waals surface area contributed by atoms with Gasteiger partial charge < -0.3 is 11.1 Å². The van der Waals surface area contributed by atoms with Gasteiger partial charge in [-0.3, -0.25) is 9.59 Å². The van der Waals surface area contributed by atoms with Crippen molar-refractivity contribution in [2.24, 2.45) is 5.73 Å². The number of nitrogens with zero attached hydrogens (tertiary/aromatic N) is 3.